The third kappa shape index (κ3) is 15.9. The minimum absolute atomic E-state index is 0. The Labute approximate surface area is 485 Å². The number of halogens is 9. The minimum Gasteiger partial charge on any atom is -0.496 e. The van der Waals surface area contributed by atoms with Gasteiger partial charge in [-0.2, -0.15) is 0 Å². The van der Waals surface area contributed by atoms with Crippen LogP contribution >= 0.6 is 133 Å². The third-order valence-corrected chi connectivity index (χ3v) is 12.0. The Balaban J connectivity index is 0.000000431. The SMILES string of the molecule is BrBr.BrBr.BrBr.C.COc1ccc(Br)cc1-c1cc(-c2cc(Br)ccc2OC)cc(-c2cc(Br)ccc2OC)c1.COc1ccccc1-c1cc(-c2ccccc2OC)cc(-c2ccccc2OC)c1.[2HH]. The van der Waals surface area contributed by atoms with Crippen molar-refractivity contribution >= 4 is 133 Å². The third-order valence-electron chi connectivity index (χ3n) is 10.5. The van der Waals surface area contributed by atoms with E-state index in [9.17, 15) is 0 Å². The summed E-state index contributed by atoms with van der Waals surface area (Å²) in [5.41, 5.74) is 12.3. The lowest BCUT2D eigenvalue weighted by molar-refractivity contribution is 0.416. The zero-order valence-corrected chi connectivity index (χ0v) is 52.2. The van der Waals surface area contributed by atoms with Crippen LogP contribution in [-0.4, -0.2) is 42.7 Å². The summed E-state index contributed by atoms with van der Waals surface area (Å²) in [7, 11) is 10.2. The summed E-state index contributed by atoms with van der Waals surface area (Å²) in [6.45, 7) is 0. The molecule has 0 saturated heterocycles. The van der Waals surface area contributed by atoms with E-state index in [1.54, 1.807) is 42.7 Å². The van der Waals surface area contributed by atoms with Gasteiger partial charge in [-0.05, 0) is 143 Å². The van der Waals surface area contributed by atoms with Crippen LogP contribution in [0.1, 0.15) is 8.85 Å². The van der Waals surface area contributed by atoms with Gasteiger partial charge in [0.15, 0.2) is 0 Å². The van der Waals surface area contributed by atoms with Crippen LogP contribution in [0, 0.1) is 0 Å². The second-order valence-corrected chi connectivity index (χ2v) is 17.0. The van der Waals surface area contributed by atoms with Crippen molar-refractivity contribution in [2.75, 3.05) is 42.7 Å². The summed E-state index contributed by atoms with van der Waals surface area (Å²) >= 11 is 27.3. The summed E-state index contributed by atoms with van der Waals surface area (Å²) < 4.78 is 36.9. The van der Waals surface area contributed by atoms with Crippen molar-refractivity contribution in [3.63, 3.8) is 0 Å². The average Bonchev–Trinajstić information content (AvgIpc) is 3.42. The molecule has 0 unspecified atom stereocenters. The number of para-hydroxylation sites is 3. The van der Waals surface area contributed by atoms with Crippen molar-refractivity contribution in [3.8, 4) is 101 Å². The number of hydrogen-bond donors (Lipinski definition) is 0. The Bertz CT molecular complexity index is 2570. The first-order valence-electron chi connectivity index (χ1n) is 20.3. The van der Waals surface area contributed by atoms with Crippen LogP contribution in [-0.2, 0) is 0 Å². The van der Waals surface area contributed by atoms with Crippen LogP contribution in [0.3, 0.4) is 0 Å². The molecule has 0 atom stereocenters. The lowest BCUT2D eigenvalue weighted by Crippen LogP contribution is -1.93. The van der Waals surface area contributed by atoms with E-state index in [1.807, 2.05) is 91.0 Å². The highest BCUT2D eigenvalue weighted by molar-refractivity contribution is 9.93. The van der Waals surface area contributed by atoms with Crippen molar-refractivity contribution in [2.24, 2.45) is 0 Å². The number of hydrogen-bond acceptors (Lipinski definition) is 6. The summed E-state index contributed by atoms with van der Waals surface area (Å²) in [5.74, 6) is 4.89. The van der Waals surface area contributed by atoms with Gasteiger partial charge in [0.1, 0.15) is 34.5 Å². The molecule has 0 aliphatic rings. The van der Waals surface area contributed by atoms with E-state index in [1.165, 1.54) is 0 Å². The molecule has 0 aliphatic heterocycles. The predicted molar refractivity (Wildman–Crippen MR) is 330 cm³/mol. The molecule has 0 bridgehead atoms. The normalized spacial score (nSPS) is 9.81. The van der Waals surface area contributed by atoms with Crippen molar-refractivity contribution in [1.82, 2.24) is 0 Å². The maximum absolute atomic E-state index is 5.69. The van der Waals surface area contributed by atoms with Crippen molar-refractivity contribution in [2.45, 2.75) is 7.43 Å². The Morgan fingerprint density at radius 1 is 0.257 bits per heavy atom. The molecular formula is C55H51Br9O6. The largest absolute Gasteiger partial charge is 0.496 e. The molecular weight excluding hydrogens is 1480 g/mol. The summed E-state index contributed by atoms with van der Waals surface area (Å²) in [5, 5.41) is 0. The predicted octanol–water partition coefficient (Wildman–Crippen LogP) is 21.7. The Morgan fingerprint density at radius 3 is 0.657 bits per heavy atom. The van der Waals surface area contributed by atoms with Crippen LogP contribution in [0.15, 0.2) is 177 Å². The summed E-state index contributed by atoms with van der Waals surface area (Å²) in [4.78, 5) is 0. The van der Waals surface area contributed by atoms with E-state index in [4.69, 9.17) is 28.4 Å². The molecule has 15 heteroatoms. The fourth-order valence-electron chi connectivity index (χ4n) is 7.55. The Kier molecular flexibility index (Phi) is 28.1. The van der Waals surface area contributed by atoms with Gasteiger partial charge in [0.2, 0.25) is 0 Å². The first kappa shape index (κ1) is 61.2. The van der Waals surface area contributed by atoms with Gasteiger partial charge < -0.3 is 28.4 Å². The second-order valence-electron chi connectivity index (χ2n) is 14.2. The molecule has 0 radical (unpaired) electrons. The molecule has 370 valence electrons. The van der Waals surface area contributed by atoms with Crippen LogP contribution < -0.4 is 28.4 Å². The number of ether oxygens (including phenoxy) is 6. The topological polar surface area (TPSA) is 55.4 Å². The van der Waals surface area contributed by atoms with Gasteiger partial charge in [-0.1, -0.05) is 110 Å². The van der Waals surface area contributed by atoms with Gasteiger partial charge in [-0.15, -0.1) is 0 Å². The first-order chi connectivity index (χ1) is 33.7. The highest BCUT2D eigenvalue weighted by Crippen LogP contribution is 2.44. The monoisotopic (exact) mass is 1520 g/mol. The fraction of sp³-hybridized carbons (Fsp3) is 0.127. The summed E-state index contributed by atoms with van der Waals surface area (Å²) in [6, 6.07) is 55.2. The molecule has 0 heterocycles. The van der Waals surface area contributed by atoms with Gasteiger partial charge in [-0.3, -0.25) is 0 Å². The van der Waals surface area contributed by atoms with E-state index in [0.717, 1.165) is 115 Å². The smallest absolute Gasteiger partial charge is 0.126 e. The van der Waals surface area contributed by atoms with E-state index in [-0.39, 0.29) is 8.85 Å². The Morgan fingerprint density at radius 2 is 0.443 bits per heavy atom. The zero-order chi connectivity index (χ0) is 50.5. The quantitative estimate of drug-likeness (QED) is 0.121. The maximum atomic E-state index is 5.69. The molecule has 8 aromatic rings. The molecule has 0 amide bonds. The molecule has 0 spiro atoms. The van der Waals surface area contributed by atoms with Gasteiger partial charge >= 0.3 is 0 Å². The van der Waals surface area contributed by atoms with E-state index in [2.05, 4.69) is 205 Å². The van der Waals surface area contributed by atoms with Gasteiger partial charge in [0.05, 0.1) is 42.7 Å². The standard InChI is InChI=1S/C27H21Br3O3.C27H24O3.CH4.3Br2.H2/c1-31-25-7-4-19(28)13-22(25)16-10-17(23-14-20(29)5-8-26(23)32-2)12-18(11-16)24-15-21(30)6-9-27(24)33-3;1-28-25-13-7-4-10-22(25)19-16-20(23-11-5-8-14-26(23)29-2)18-21(17-19)24-12-6-9-15-27(24)30-3;;3*1-2;/h4-15H,1-3H3;4-18H,1-3H3;1H4;;;;1H/i;;;;;;1+1. The maximum Gasteiger partial charge on any atom is 0.126 e. The van der Waals surface area contributed by atoms with Crippen molar-refractivity contribution in [1.29, 1.82) is 0 Å². The molecule has 8 aromatic carbocycles. The molecule has 0 saturated carbocycles. The molecule has 6 nitrogen and oxygen atoms in total. The minimum atomic E-state index is 0. The molecule has 0 fully saturated rings. The first-order valence-corrected chi connectivity index (χ1v) is 33.9. The lowest BCUT2D eigenvalue weighted by atomic mass is 9.92. The molecule has 0 aliphatic carbocycles. The van der Waals surface area contributed by atoms with E-state index < -0.39 is 0 Å². The average molecular weight is 1530 g/mol. The number of rotatable bonds is 12. The van der Waals surface area contributed by atoms with Gasteiger partial charge in [0.25, 0.3) is 0 Å². The van der Waals surface area contributed by atoms with Crippen LogP contribution in [0.25, 0.3) is 66.8 Å². The van der Waals surface area contributed by atoms with Crippen molar-refractivity contribution in [3.05, 3.63) is 177 Å². The van der Waals surface area contributed by atoms with Crippen LogP contribution in [0.4, 0.5) is 0 Å². The molecule has 0 aromatic heterocycles. The fourth-order valence-corrected chi connectivity index (χ4v) is 8.64. The number of benzene rings is 8. The van der Waals surface area contributed by atoms with E-state index in [0.29, 0.717) is 0 Å². The highest BCUT2D eigenvalue weighted by Gasteiger charge is 2.18. The van der Waals surface area contributed by atoms with E-state index >= 15 is 0 Å². The zero-order valence-electron chi connectivity index (χ0n) is 37.9. The molecule has 8 rings (SSSR count). The highest BCUT2D eigenvalue weighted by atomic mass is 80.9. The summed E-state index contributed by atoms with van der Waals surface area (Å²) in [6.07, 6.45) is 0. The van der Waals surface area contributed by atoms with Crippen molar-refractivity contribution < 1.29 is 29.8 Å². The van der Waals surface area contributed by atoms with Crippen LogP contribution in [0.5, 0.6) is 34.5 Å². The van der Waals surface area contributed by atoms with Crippen LogP contribution in [0.2, 0.25) is 0 Å². The second kappa shape index (κ2) is 32.1. The molecule has 0 N–H and O–H groups in total. The van der Waals surface area contributed by atoms with Gasteiger partial charge in [-0.25, -0.2) is 0 Å². The Hall–Kier alpha value is -3.12. The van der Waals surface area contributed by atoms with Gasteiger partial charge in [0, 0.05) is 133 Å². The lowest BCUT2D eigenvalue weighted by Gasteiger charge is -2.17. The molecule has 70 heavy (non-hydrogen) atoms. The number of methoxy groups -OCH3 is 6.